The Kier molecular flexibility index (Phi) is 31.5. The molecule has 0 aromatic carbocycles. The Morgan fingerprint density at radius 2 is 1.17 bits per heavy atom. The molecule has 10 nitrogen and oxygen atoms in total. The molecule has 0 aliphatic heterocycles. The summed E-state index contributed by atoms with van der Waals surface area (Å²) in [7, 11) is 0.514. The molecule has 11 heteroatoms. The van der Waals surface area contributed by atoms with Crippen LogP contribution in [0.25, 0.3) is 0 Å². The predicted octanol–water partition coefficient (Wildman–Crippen LogP) is -0.306. The van der Waals surface area contributed by atoms with Gasteiger partial charge in [-0.15, -0.1) is 0 Å². The van der Waals surface area contributed by atoms with E-state index < -0.39 is 9.84 Å². The van der Waals surface area contributed by atoms with Gasteiger partial charge in [-0.2, -0.15) is 0 Å². The van der Waals surface area contributed by atoms with Crippen LogP contribution in [0, 0.1) is 0 Å². The van der Waals surface area contributed by atoms with Crippen molar-refractivity contribution in [2.24, 2.45) is 0 Å². The zero-order chi connectivity index (χ0) is 23.7. The van der Waals surface area contributed by atoms with E-state index in [0.717, 1.165) is 12.8 Å². The van der Waals surface area contributed by atoms with E-state index in [0.29, 0.717) is 19.7 Å². The van der Waals surface area contributed by atoms with Crippen LogP contribution in [0.3, 0.4) is 0 Å². The summed E-state index contributed by atoms with van der Waals surface area (Å²) in [6.07, 6.45) is 2.38. The number of sulfone groups is 1. The number of amides is 3. The second kappa shape index (κ2) is 26.3. The van der Waals surface area contributed by atoms with Gasteiger partial charge in [0.05, 0.1) is 12.4 Å². The summed E-state index contributed by atoms with van der Waals surface area (Å²) in [5.74, 6) is -0.182. The lowest BCUT2D eigenvalue weighted by Gasteiger charge is -1.98. The first-order valence-corrected chi connectivity index (χ1v) is 11.5. The van der Waals surface area contributed by atoms with Crippen molar-refractivity contribution in [3.8, 4) is 0 Å². The van der Waals surface area contributed by atoms with Crippen molar-refractivity contribution in [3.63, 3.8) is 0 Å². The first-order chi connectivity index (χ1) is 13.4. The highest BCUT2D eigenvalue weighted by atomic mass is 32.2. The molecule has 4 N–H and O–H groups in total. The van der Waals surface area contributed by atoms with Crippen LogP contribution in [0.15, 0.2) is 0 Å². The average Bonchev–Trinajstić information content (AvgIpc) is 2.55. The maximum Gasteiger partial charge on any atom is 0.216 e. The Balaban J connectivity index is -0.000000152. The number of nitrogens with one attached hydrogen (secondary N) is 4. The summed E-state index contributed by atoms with van der Waals surface area (Å²) in [6.45, 7) is 11.5. The molecule has 176 valence electrons. The zero-order valence-corrected chi connectivity index (χ0v) is 20.1. The molecule has 0 fully saturated rings. The van der Waals surface area contributed by atoms with Gasteiger partial charge < -0.3 is 26.0 Å². The summed E-state index contributed by atoms with van der Waals surface area (Å²) < 4.78 is 25.6. The largest absolute Gasteiger partial charge is 0.383 e. The maximum atomic E-state index is 10.5. The van der Waals surface area contributed by atoms with Crippen molar-refractivity contribution in [3.05, 3.63) is 0 Å². The van der Waals surface area contributed by atoms with E-state index in [-0.39, 0.29) is 30.0 Å². The standard InChI is InChI=1S/C5H12N2O.C5H11NO3S.C5H11NO2.C3H8/c1-5(8)7-4-3-6-2;1-5(7)6-3-4-10(2,8)9;1-5(7)6-3-4-8-2;1-3-2/h6H,3-4H2,1-2H3,(H,7,8);3-4H2,1-2H3,(H,6,7);3-4H2,1-2H3,(H,6,7);3H2,1-2H3. The Morgan fingerprint density at radius 1 is 0.793 bits per heavy atom. The first-order valence-electron chi connectivity index (χ1n) is 9.42. The lowest BCUT2D eigenvalue weighted by Crippen LogP contribution is -2.28. The number of carbonyl (C=O) groups excluding carboxylic acids is 3. The Hall–Kier alpha value is -1.72. The smallest absolute Gasteiger partial charge is 0.216 e. The summed E-state index contributed by atoms with van der Waals surface area (Å²) >= 11 is 0. The Bertz CT molecular complexity index is 479. The lowest BCUT2D eigenvalue weighted by atomic mass is 10.6. The van der Waals surface area contributed by atoms with Crippen LogP contribution in [-0.4, -0.2) is 85.1 Å². The molecule has 0 saturated heterocycles. The quantitative estimate of drug-likeness (QED) is 0.359. The maximum absolute atomic E-state index is 10.5. The van der Waals surface area contributed by atoms with E-state index in [1.807, 2.05) is 7.05 Å². The molecule has 0 radical (unpaired) electrons. The molecule has 0 aliphatic carbocycles. The molecule has 0 aliphatic rings. The number of carbonyl (C=O) groups is 3. The van der Waals surface area contributed by atoms with Crippen LogP contribution >= 0.6 is 0 Å². The molecule has 0 heterocycles. The normalized spacial score (nSPS) is 9.24. The van der Waals surface area contributed by atoms with E-state index in [1.54, 1.807) is 7.11 Å². The highest BCUT2D eigenvalue weighted by Crippen LogP contribution is 1.78. The number of hydrogen-bond donors (Lipinski definition) is 4. The third kappa shape index (κ3) is 66.4. The Morgan fingerprint density at radius 3 is 1.48 bits per heavy atom. The number of ether oxygens (including phenoxy) is 1. The van der Waals surface area contributed by atoms with Gasteiger partial charge in [0.15, 0.2) is 0 Å². The third-order valence-electron chi connectivity index (χ3n) is 2.28. The fraction of sp³-hybridized carbons (Fsp3) is 0.833. The zero-order valence-electron chi connectivity index (χ0n) is 19.3. The van der Waals surface area contributed by atoms with E-state index >= 15 is 0 Å². The summed E-state index contributed by atoms with van der Waals surface area (Å²) in [4.78, 5) is 30.6. The number of methoxy groups -OCH3 is 1. The van der Waals surface area contributed by atoms with Crippen LogP contribution in [0.4, 0.5) is 0 Å². The lowest BCUT2D eigenvalue weighted by molar-refractivity contribution is -0.119. The van der Waals surface area contributed by atoms with Crippen molar-refractivity contribution in [2.75, 3.05) is 59.0 Å². The van der Waals surface area contributed by atoms with Gasteiger partial charge in [-0.05, 0) is 7.05 Å². The average molecular weight is 443 g/mol. The van der Waals surface area contributed by atoms with Crippen molar-refractivity contribution < 1.29 is 27.5 Å². The topological polar surface area (TPSA) is 143 Å². The van der Waals surface area contributed by atoms with Gasteiger partial charge in [-0.25, -0.2) is 8.42 Å². The van der Waals surface area contributed by atoms with Gasteiger partial charge in [0.1, 0.15) is 9.84 Å². The van der Waals surface area contributed by atoms with Crippen LogP contribution in [0.2, 0.25) is 0 Å². The van der Waals surface area contributed by atoms with Gasteiger partial charge in [-0.3, -0.25) is 14.4 Å². The second-order valence-electron chi connectivity index (χ2n) is 5.88. The summed E-state index contributed by atoms with van der Waals surface area (Å²) in [6, 6.07) is 0. The Labute approximate surface area is 176 Å². The minimum atomic E-state index is -2.93. The minimum Gasteiger partial charge on any atom is -0.383 e. The van der Waals surface area contributed by atoms with Gasteiger partial charge in [0.2, 0.25) is 17.7 Å². The molecule has 0 aromatic heterocycles. The van der Waals surface area contributed by atoms with E-state index in [2.05, 4.69) is 39.9 Å². The molecule has 0 bridgehead atoms. The van der Waals surface area contributed by atoms with Crippen LogP contribution < -0.4 is 21.3 Å². The fourth-order valence-electron chi connectivity index (χ4n) is 1.11. The molecule has 0 saturated carbocycles. The molecule has 0 atom stereocenters. The highest BCUT2D eigenvalue weighted by Gasteiger charge is 2.00. The first kappa shape index (κ1) is 34.8. The fourth-order valence-corrected chi connectivity index (χ4v) is 1.58. The minimum absolute atomic E-state index is 0.00653. The highest BCUT2D eigenvalue weighted by molar-refractivity contribution is 7.90. The van der Waals surface area contributed by atoms with Gasteiger partial charge in [0, 0.05) is 60.3 Å². The van der Waals surface area contributed by atoms with Crippen molar-refractivity contribution in [1.29, 1.82) is 0 Å². The van der Waals surface area contributed by atoms with Crippen LogP contribution in [-0.2, 0) is 29.0 Å². The molecule has 3 amide bonds. The molecule has 0 rings (SSSR count). The van der Waals surface area contributed by atoms with E-state index in [1.165, 1.54) is 27.2 Å². The molecule has 29 heavy (non-hydrogen) atoms. The predicted molar refractivity (Wildman–Crippen MR) is 118 cm³/mol. The van der Waals surface area contributed by atoms with Gasteiger partial charge in [0.25, 0.3) is 0 Å². The molecular formula is C18H42N4O6S. The molecule has 0 aromatic rings. The van der Waals surface area contributed by atoms with Crippen LogP contribution in [0.5, 0.6) is 0 Å². The van der Waals surface area contributed by atoms with E-state index in [9.17, 15) is 22.8 Å². The monoisotopic (exact) mass is 442 g/mol. The third-order valence-corrected chi connectivity index (χ3v) is 3.22. The second-order valence-corrected chi connectivity index (χ2v) is 8.14. The van der Waals surface area contributed by atoms with Crippen molar-refractivity contribution in [2.45, 2.75) is 41.0 Å². The summed E-state index contributed by atoms with van der Waals surface area (Å²) in [5.41, 5.74) is 0. The van der Waals surface area contributed by atoms with Gasteiger partial charge in [-0.1, -0.05) is 20.3 Å². The van der Waals surface area contributed by atoms with Gasteiger partial charge >= 0.3 is 0 Å². The molecular weight excluding hydrogens is 400 g/mol. The summed E-state index contributed by atoms with van der Waals surface area (Å²) in [5, 5.41) is 10.5. The number of likely N-dealkylation sites (N-methyl/N-ethyl adjacent to an activating group) is 1. The van der Waals surface area contributed by atoms with Crippen molar-refractivity contribution in [1.82, 2.24) is 21.3 Å². The molecule has 0 spiro atoms. The molecule has 0 unspecified atom stereocenters. The van der Waals surface area contributed by atoms with Crippen molar-refractivity contribution >= 4 is 27.6 Å². The number of hydrogen-bond acceptors (Lipinski definition) is 7. The number of rotatable bonds is 9. The van der Waals surface area contributed by atoms with Crippen LogP contribution in [0.1, 0.15) is 41.0 Å². The van der Waals surface area contributed by atoms with E-state index in [4.69, 9.17) is 0 Å². The SMILES string of the molecule is CC(=O)NCCS(C)(=O)=O.CCC.CNCCNC(C)=O.COCCNC(C)=O.